The molecule has 0 saturated carbocycles. The zero-order valence-electron chi connectivity index (χ0n) is 14.5. The number of aryl methyl sites for hydroxylation is 2. The number of carbonyl (C=O) groups excluding carboxylic acids is 1. The summed E-state index contributed by atoms with van der Waals surface area (Å²) in [6, 6.07) is 1.53. The van der Waals surface area contributed by atoms with Crippen molar-refractivity contribution in [3.8, 4) is 0 Å². The van der Waals surface area contributed by atoms with Gasteiger partial charge in [0, 0.05) is 32.3 Å². The minimum absolute atomic E-state index is 0.117. The van der Waals surface area contributed by atoms with Crippen LogP contribution in [-0.2, 0) is 29.5 Å². The van der Waals surface area contributed by atoms with Crippen LogP contribution in [0.2, 0.25) is 0 Å². The molecule has 140 valence electrons. The van der Waals surface area contributed by atoms with Gasteiger partial charge in [0.1, 0.15) is 15.6 Å². The maximum Gasteiger partial charge on any atom is 0.263 e. The highest BCUT2D eigenvalue weighted by Gasteiger charge is 2.31. The molecule has 0 aromatic carbocycles. The van der Waals surface area contributed by atoms with Crippen molar-refractivity contribution in [2.75, 3.05) is 13.1 Å². The first-order valence-corrected chi connectivity index (χ1v) is 11.3. The van der Waals surface area contributed by atoms with Gasteiger partial charge in [-0.2, -0.15) is 4.31 Å². The molecule has 4 heterocycles. The van der Waals surface area contributed by atoms with Crippen LogP contribution in [0.1, 0.15) is 46.9 Å². The number of sulfonamides is 1. The summed E-state index contributed by atoms with van der Waals surface area (Å²) >= 11 is 1.16. The summed E-state index contributed by atoms with van der Waals surface area (Å²) in [6.45, 7) is 2.33. The van der Waals surface area contributed by atoms with Crippen LogP contribution in [0.15, 0.2) is 22.5 Å². The van der Waals surface area contributed by atoms with Crippen molar-refractivity contribution < 1.29 is 13.2 Å². The molecule has 2 aliphatic rings. The lowest BCUT2D eigenvalue weighted by Crippen LogP contribution is -2.30. The Bertz CT molecular complexity index is 887. The Morgan fingerprint density at radius 2 is 1.96 bits per heavy atom. The second-order valence-electron chi connectivity index (χ2n) is 6.71. The fourth-order valence-electron chi connectivity index (χ4n) is 3.54. The topological polar surface area (TPSA) is 84.3 Å². The molecule has 0 atom stereocenters. The molecule has 1 saturated heterocycles. The van der Waals surface area contributed by atoms with E-state index in [1.54, 1.807) is 5.38 Å². The Morgan fingerprint density at radius 3 is 2.73 bits per heavy atom. The Labute approximate surface area is 157 Å². The van der Waals surface area contributed by atoms with Gasteiger partial charge in [-0.05, 0) is 37.1 Å². The molecule has 1 fully saturated rings. The van der Waals surface area contributed by atoms with Gasteiger partial charge in [0.15, 0.2) is 0 Å². The number of carbonyl (C=O) groups is 1. The second kappa shape index (κ2) is 7.13. The highest BCUT2D eigenvalue weighted by molar-refractivity contribution is 7.89. The van der Waals surface area contributed by atoms with Crippen LogP contribution >= 0.6 is 11.3 Å². The molecule has 1 amide bonds. The molecule has 9 heteroatoms. The molecule has 7 nitrogen and oxygen atoms in total. The molecule has 26 heavy (non-hydrogen) atoms. The lowest BCUT2D eigenvalue weighted by Gasteiger charge is -2.15. The van der Waals surface area contributed by atoms with Gasteiger partial charge in [0.05, 0.1) is 12.2 Å². The van der Waals surface area contributed by atoms with Gasteiger partial charge >= 0.3 is 0 Å². The number of aromatic nitrogens is 2. The van der Waals surface area contributed by atoms with Gasteiger partial charge in [0.25, 0.3) is 5.91 Å². The second-order valence-corrected chi connectivity index (χ2v) is 9.53. The number of nitrogens with zero attached hydrogens (tertiary/aromatic N) is 3. The third kappa shape index (κ3) is 3.30. The maximum atomic E-state index is 12.8. The van der Waals surface area contributed by atoms with E-state index in [0.717, 1.165) is 61.5 Å². The van der Waals surface area contributed by atoms with Crippen molar-refractivity contribution in [1.82, 2.24) is 19.2 Å². The smallest absolute Gasteiger partial charge is 0.263 e. The van der Waals surface area contributed by atoms with Crippen molar-refractivity contribution >= 4 is 27.3 Å². The summed E-state index contributed by atoms with van der Waals surface area (Å²) in [7, 11) is -3.59. The van der Waals surface area contributed by atoms with E-state index < -0.39 is 10.0 Å². The van der Waals surface area contributed by atoms with E-state index in [1.165, 1.54) is 10.4 Å². The lowest BCUT2D eigenvalue weighted by molar-refractivity contribution is 0.0951. The first-order valence-electron chi connectivity index (χ1n) is 8.96. The number of thiophene rings is 1. The molecule has 1 N–H and O–H groups in total. The molecule has 0 aliphatic carbocycles. The van der Waals surface area contributed by atoms with Crippen LogP contribution in [0.25, 0.3) is 0 Å². The summed E-state index contributed by atoms with van der Waals surface area (Å²) in [5.74, 6) is 0.706. The van der Waals surface area contributed by atoms with Gasteiger partial charge in [-0.1, -0.05) is 0 Å². The highest BCUT2D eigenvalue weighted by atomic mass is 32.2. The highest BCUT2D eigenvalue weighted by Crippen LogP contribution is 2.27. The van der Waals surface area contributed by atoms with Crippen molar-refractivity contribution in [1.29, 1.82) is 0 Å². The zero-order valence-corrected chi connectivity index (χ0v) is 16.1. The fraction of sp³-hybridized carbons (Fsp3) is 0.529. The van der Waals surface area contributed by atoms with Crippen LogP contribution < -0.4 is 5.32 Å². The van der Waals surface area contributed by atoms with E-state index in [1.807, 2.05) is 6.20 Å². The van der Waals surface area contributed by atoms with E-state index in [4.69, 9.17) is 0 Å². The van der Waals surface area contributed by atoms with E-state index in [9.17, 15) is 13.2 Å². The largest absolute Gasteiger partial charge is 0.346 e. The average molecular weight is 395 g/mol. The van der Waals surface area contributed by atoms with Crippen molar-refractivity contribution in [2.45, 2.75) is 50.1 Å². The summed E-state index contributed by atoms with van der Waals surface area (Å²) < 4.78 is 29.1. The average Bonchev–Trinajstić information content (AvgIpc) is 3.39. The van der Waals surface area contributed by atoms with Crippen LogP contribution in [0.5, 0.6) is 0 Å². The van der Waals surface area contributed by atoms with E-state index >= 15 is 0 Å². The molecule has 2 aromatic heterocycles. The predicted molar refractivity (Wildman–Crippen MR) is 98.6 cm³/mol. The first kappa shape index (κ1) is 17.7. The lowest BCUT2D eigenvalue weighted by atomic mass is 10.2. The van der Waals surface area contributed by atoms with Gasteiger partial charge in [0.2, 0.25) is 10.0 Å². The molecule has 0 spiro atoms. The Morgan fingerprint density at radius 1 is 1.19 bits per heavy atom. The minimum atomic E-state index is -3.59. The van der Waals surface area contributed by atoms with Gasteiger partial charge in [-0.25, -0.2) is 13.4 Å². The fourth-order valence-corrected chi connectivity index (χ4v) is 6.38. The molecule has 0 radical (unpaired) electrons. The number of nitrogens with one attached hydrogen (secondary N) is 1. The Kier molecular flexibility index (Phi) is 4.85. The van der Waals surface area contributed by atoms with Gasteiger partial charge in [-0.3, -0.25) is 4.79 Å². The summed E-state index contributed by atoms with van der Waals surface area (Å²) in [4.78, 5) is 17.5. The third-order valence-electron chi connectivity index (χ3n) is 4.91. The van der Waals surface area contributed by atoms with Crippen LogP contribution in [0.3, 0.4) is 0 Å². The van der Waals surface area contributed by atoms with Crippen molar-refractivity contribution in [3.63, 3.8) is 0 Å². The van der Waals surface area contributed by atoms with Crippen LogP contribution in [0.4, 0.5) is 0 Å². The third-order valence-corrected chi connectivity index (χ3v) is 7.89. The first-order chi connectivity index (χ1) is 12.6. The zero-order chi connectivity index (χ0) is 18.1. The SMILES string of the molecule is O=C(NCc1cn2c(n1)CCCC2)c1sccc1S(=O)(=O)N1CCCC1. The Balaban J connectivity index is 1.47. The van der Waals surface area contributed by atoms with E-state index in [-0.39, 0.29) is 15.7 Å². The maximum absolute atomic E-state index is 12.8. The molecular weight excluding hydrogens is 372 g/mol. The molecule has 0 bridgehead atoms. The van der Waals surface area contributed by atoms with Crippen molar-refractivity contribution in [2.24, 2.45) is 0 Å². The summed E-state index contributed by atoms with van der Waals surface area (Å²) in [6.07, 6.45) is 6.99. The predicted octanol–water partition coefficient (Wildman–Crippen LogP) is 2.00. The number of hydrogen-bond acceptors (Lipinski definition) is 5. The van der Waals surface area contributed by atoms with E-state index in [0.29, 0.717) is 19.6 Å². The molecule has 2 aliphatic heterocycles. The standard InChI is InChI=1S/C17H22N4O3S2/c22-17(18-11-13-12-20-7-2-1-5-15(20)19-13)16-14(6-10-25-16)26(23,24)21-8-3-4-9-21/h6,10,12H,1-5,7-9,11H2,(H,18,22). The van der Waals surface area contributed by atoms with Gasteiger partial charge in [-0.15, -0.1) is 11.3 Å². The molecule has 4 rings (SSSR count). The number of fused-ring (bicyclic) bond motifs is 1. The van der Waals surface area contributed by atoms with Gasteiger partial charge < -0.3 is 9.88 Å². The summed E-state index contributed by atoms with van der Waals surface area (Å²) in [5, 5.41) is 4.49. The number of hydrogen-bond donors (Lipinski definition) is 1. The van der Waals surface area contributed by atoms with Crippen LogP contribution in [-0.4, -0.2) is 41.3 Å². The Hall–Kier alpha value is -1.71. The molecular formula is C17H22N4O3S2. The van der Waals surface area contributed by atoms with Crippen molar-refractivity contribution in [3.05, 3.63) is 34.0 Å². The number of amides is 1. The normalized spacial score (nSPS) is 18.0. The quantitative estimate of drug-likeness (QED) is 0.841. The number of rotatable bonds is 5. The molecule has 0 unspecified atom stereocenters. The molecule has 2 aromatic rings. The number of imidazole rings is 1. The monoisotopic (exact) mass is 394 g/mol. The summed E-state index contributed by atoms with van der Waals surface area (Å²) in [5.41, 5.74) is 0.816. The van der Waals surface area contributed by atoms with Crippen LogP contribution in [0, 0.1) is 0 Å². The van der Waals surface area contributed by atoms with E-state index in [2.05, 4.69) is 14.9 Å². The minimum Gasteiger partial charge on any atom is -0.346 e.